The van der Waals surface area contributed by atoms with Gasteiger partial charge in [-0.15, -0.1) is 0 Å². The van der Waals surface area contributed by atoms with Crippen LogP contribution in [-0.4, -0.2) is 52.8 Å². The SMILES string of the molecule is Cc1cc(F)ccc1[C@@H]1CN(C(=O)C(C)(C)C(=O)O)CC[C@H]1C(=O)N(C)Cc1cc(C(F)(F)F)cc(C(F)(F)F)c1. The predicted octanol–water partition coefficient (Wildman–Crippen LogP) is 5.87. The molecule has 0 unspecified atom stereocenters. The minimum atomic E-state index is -5.05. The zero-order valence-electron chi connectivity index (χ0n) is 22.7. The molecule has 2 atom stereocenters. The quantitative estimate of drug-likeness (QED) is 0.337. The molecule has 1 aliphatic rings. The van der Waals surface area contributed by atoms with Crippen molar-refractivity contribution in [2.75, 3.05) is 20.1 Å². The molecular formula is C28H29F7N2O4. The summed E-state index contributed by atoms with van der Waals surface area (Å²) in [6.07, 6.45) is -10.1. The number of piperidine rings is 1. The molecule has 2 aromatic rings. The van der Waals surface area contributed by atoms with E-state index < -0.39 is 70.9 Å². The van der Waals surface area contributed by atoms with E-state index in [2.05, 4.69) is 0 Å². The summed E-state index contributed by atoms with van der Waals surface area (Å²) in [4.78, 5) is 40.7. The van der Waals surface area contributed by atoms with Gasteiger partial charge in [0.25, 0.3) is 0 Å². The van der Waals surface area contributed by atoms with Gasteiger partial charge in [-0.1, -0.05) is 6.07 Å². The highest BCUT2D eigenvalue weighted by Gasteiger charge is 2.45. The van der Waals surface area contributed by atoms with Gasteiger partial charge in [-0.2, -0.15) is 26.3 Å². The van der Waals surface area contributed by atoms with E-state index in [0.29, 0.717) is 23.3 Å². The Kier molecular flexibility index (Phi) is 8.81. The molecule has 2 aromatic carbocycles. The van der Waals surface area contributed by atoms with Gasteiger partial charge < -0.3 is 14.9 Å². The van der Waals surface area contributed by atoms with E-state index in [0.717, 1.165) is 11.0 Å². The van der Waals surface area contributed by atoms with Crippen molar-refractivity contribution in [2.24, 2.45) is 11.3 Å². The number of carboxylic acids is 1. The van der Waals surface area contributed by atoms with E-state index in [-0.39, 0.29) is 31.1 Å². The summed E-state index contributed by atoms with van der Waals surface area (Å²) in [5, 5.41) is 9.50. The number of likely N-dealkylation sites (tertiary alicyclic amines) is 1. The van der Waals surface area contributed by atoms with Crippen LogP contribution in [0.5, 0.6) is 0 Å². The Morgan fingerprint density at radius 3 is 2.02 bits per heavy atom. The Balaban J connectivity index is 1.96. The number of alkyl halides is 6. The fraction of sp³-hybridized carbons (Fsp3) is 0.464. The van der Waals surface area contributed by atoms with Crippen LogP contribution in [0.25, 0.3) is 0 Å². The maximum Gasteiger partial charge on any atom is 0.416 e. The second-order valence-electron chi connectivity index (χ2n) is 10.8. The topological polar surface area (TPSA) is 77.9 Å². The van der Waals surface area contributed by atoms with Crippen molar-refractivity contribution in [1.82, 2.24) is 9.80 Å². The number of amides is 2. The Hall–Kier alpha value is -3.64. The van der Waals surface area contributed by atoms with E-state index in [9.17, 15) is 50.2 Å². The van der Waals surface area contributed by atoms with Gasteiger partial charge in [0, 0.05) is 38.5 Å². The van der Waals surface area contributed by atoms with Gasteiger partial charge in [-0.25, -0.2) is 4.39 Å². The number of carbonyl (C=O) groups is 3. The van der Waals surface area contributed by atoms with Crippen LogP contribution < -0.4 is 0 Å². The molecule has 0 aromatic heterocycles. The van der Waals surface area contributed by atoms with E-state index in [1.54, 1.807) is 6.92 Å². The lowest BCUT2D eigenvalue weighted by Crippen LogP contribution is -2.52. The summed E-state index contributed by atoms with van der Waals surface area (Å²) in [6.45, 7) is 3.39. The van der Waals surface area contributed by atoms with Crippen molar-refractivity contribution in [1.29, 1.82) is 0 Å². The van der Waals surface area contributed by atoms with Crippen molar-refractivity contribution >= 4 is 17.8 Å². The fourth-order valence-electron chi connectivity index (χ4n) is 5.03. The standard InChI is InChI=1S/C28H29F7N2O4/c1-15-9-19(29)5-6-20(15)22-14-37(24(39)26(2,3)25(40)41)8-7-21(22)23(38)36(4)13-16-10-17(27(30,31)32)12-18(11-16)28(33,34)35/h5-6,9-12,21-22H,7-8,13-14H2,1-4H3,(H,40,41)/t21-,22+/m1/s1. The summed E-state index contributed by atoms with van der Waals surface area (Å²) in [5.41, 5.74) is -4.20. The number of carbonyl (C=O) groups excluding carboxylic acids is 2. The summed E-state index contributed by atoms with van der Waals surface area (Å²) < 4.78 is 93.8. The largest absolute Gasteiger partial charge is 0.480 e. The Morgan fingerprint density at radius 1 is 0.976 bits per heavy atom. The number of halogens is 7. The molecule has 1 N–H and O–H groups in total. The molecule has 0 radical (unpaired) electrons. The first-order valence-corrected chi connectivity index (χ1v) is 12.6. The highest BCUT2D eigenvalue weighted by molar-refractivity contribution is 6.01. The van der Waals surface area contributed by atoms with Gasteiger partial charge in [-0.05, 0) is 74.2 Å². The van der Waals surface area contributed by atoms with E-state index in [1.165, 1.54) is 37.9 Å². The predicted molar refractivity (Wildman–Crippen MR) is 133 cm³/mol. The minimum absolute atomic E-state index is 0.00398. The van der Waals surface area contributed by atoms with Gasteiger partial charge in [0.15, 0.2) is 0 Å². The van der Waals surface area contributed by atoms with E-state index in [4.69, 9.17) is 0 Å². The first kappa shape index (κ1) is 31.9. The van der Waals surface area contributed by atoms with Gasteiger partial charge in [-0.3, -0.25) is 14.4 Å². The first-order valence-electron chi connectivity index (χ1n) is 12.6. The molecule has 13 heteroatoms. The third-order valence-electron chi connectivity index (χ3n) is 7.36. The van der Waals surface area contributed by atoms with Crippen LogP contribution >= 0.6 is 0 Å². The van der Waals surface area contributed by atoms with Crippen molar-refractivity contribution in [3.63, 3.8) is 0 Å². The number of hydrogen-bond donors (Lipinski definition) is 1. The maximum atomic E-state index is 13.9. The van der Waals surface area contributed by atoms with Crippen LogP contribution in [0.15, 0.2) is 36.4 Å². The normalized spacial score (nSPS) is 18.3. The van der Waals surface area contributed by atoms with Gasteiger partial charge in [0.1, 0.15) is 11.2 Å². The molecule has 224 valence electrons. The summed E-state index contributed by atoms with van der Waals surface area (Å²) >= 11 is 0. The first-order chi connectivity index (χ1) is 18.7. The van der Waals surface area contributed by atoms with Crippen LogP contribution in [0.1, 0.15) is 54.0 Å². The average Bonchev–Trinajstić information content (AvgIpc) is 2.86. The molecular weight excluding hydrogens is 561 g/mol. The molecule has 3 rings (SSSR count). The molecule has 2 amide bonds. The third kappa shape index (κ3) is 6.99. The van der Waals surface area contributed by atoms with Crippen LogP contribution in [-0.2, 0) is 33.3 Å². The molecule has 41 heavy (non-hydrogen) atoms. The minimum Gasteiger partial charge on any atom is -0.480 e. The van der Waals surface area contributed by atoms with Gasteiger partial charge in [0.05, 0.1) is 11.1 Å². The summed E-state index contributed by atoms with van der Waals surface area (Å²) in [5.74, 6) is -4.83. The lowest BCUT2D eigenvalue weighted by atomic mass is 9.77. The monoisotopic (exact) mass is 590 g/mol. The molecule has 0 spiro atoms. The molecule has 1 aliphatic heterocycles. The highest BCUT2D eigenvalue weighted by Crippen LogP contribution is 2.39. The lowest BCUT2D eigenvalue weighted by molar-refractivity contribution is -0.160. The van der Waals surface area contributed by atoms with Crippen LogP contribution in [0, 0.1) is 24.1 Å². The van der Waals surface area contributed by atoms with Crippen molar-refractivity contribution in [3.05, 3.63) is 70.0 Å². The zero-order valence-corrected chi connectivity index (χ0v) is 22.7. The molecule has 1 saturated heterocycles. The van der Waals surface area contributed by atoms with E-state index in [1.807, 2.05) is 0 Å². The van der Waals surface area contributed by atoms with Crippen LogP contribution in [0.2, 0.25) is 0 Å². The number of aliphatic carboxylic acids is 1. The third-order valence-corrected chi connectivity index (χ3v) is 7.36. The Labute approximate surface area is 231 Å². The fourth-order valence-corrected chi connectivity index (χ4v) is 5.03. The molecule has 0 bridgehead atoms. The number of benzene rings is 2. The summed E-state index contributed by atoms with van der Waals surface area (Å²) in [6, 6.07) is 4.94. The van der Waals surface area contributed by atoms with Crippen LogP contribution in [0.4, 0.5) is 30.7 Å². The number of carboxylic acid groups (broad SMARTS) is 1. The molecule has 0 saturated carbocycles. The second-order valence-corrected chi connectivity index (χ2v) is 10.8. The number of hydrogen-bond acceptors (Lipinski definition) is 3. The number of aryl methyl sites for hydroxylation is 1. The number of rotatable bonds is 6. The molecule has 0 aliphatic carbocycles. The molecule has 1 heterocycles. The van der Waals surface area contributed by atoms with Crippen molar-refractivity contribution in [3.8, 4) is 0 Å². The average molecular weight is 591 g/mol. The zero-order chi connectivity index (χ0) is 31.1. The highest BCUT2D eigenvalue weighted by atomic mass is 19.4. The summed E-state index contributed by atoms with van der Waals surface area (Å²) in [7, 11) is 1.25. The maximum absolute atomic E-state index is 13.9. The number of nitrogens with zero attached hydrogens (tertiary/aromatic N) is 2. The smallest absolute Gasteiger partial charge is 0.416 e. The van der Waals surface area contributed by atoms with E-state index >= 15 is 0 Å². The van der Waals surface area contributed by atoms with Crippen molar-refractivity contribution in [2.45, 2.75) is 52.0 Å². The Bertz CT molecular complexity index is 1310. The van der Waals surface area contributed by atoms with Gasteiger partial charge >= 0.3 is 18.3 Å². The van der Waals surface area contributed by atoms with Gasteiger partial charge in [0.2, 0.25) is 11.8 Å². The van der Waals surface area contributed by atoms with Crippen LogP contribution in [0.3, 0.4) is 0 Å². The molecule has 1 fully saturated rings. The van der Waals surface area contributed by atoms with Crippen molar-refractivity contribution < 1.29 is 50.2 Å². The Morgan fingerprint density at radius 2 is 1.54 bits per heavy atom. The lowest BCUT2D eigenvalue weighted by Gasteiger charge is -2.41. The molecule has 6 nitrogen and oxygen atoms in total. The second kappa shape index (κ2) is 11.3.